The summed E-state index contributed by atoms with van der Waals surface area (Å²) in [7, 11) is 1.44. The van der Waals surface area contributed by atoms with E-state index in [1.54, 1.807) is 0 Å². The van der Waals surface area contributed by atoms with Crippen molar-refractivity contribution in [3.05, 3.63) is 0 Å². The quantitative estimate of drug-likeness (QED) is 0.165. The van der Waals surface area contributed by atoms with Gasteiger partial charge >= 0.3 is 5.97 Å². The third-order valence-corrected chi connectivity index (χ3v) is 4.82. The van der Waals surface area contributed by atoms with Gasteiger partial charge in [0.1, 0.15) is 0 Å². The number of methoxy groups -OCH3 is 1. The van der Waals surface area contributed by atoms with E-state index in [-0.39, 0.29) is 29.9 Å². The number of guanidine groups is 1. The molecule has 0 aliphatic carbocycles. The second-order valence-corrected chi connectivity index (χ2v) is 7.28. The van der Waals surface area contributed by atoms with Gasteiger partial charge in [0.2, 0.25) is 0 Å². The summed E-state index contributed by atoms with van der Waals surface area (Å²) in [5, 5.41) is 6.97. The van der Waals surface area contributed by atoms with Crippen molar-refractivity contribution in [3.63, 3.8) is 0 Å². The van der Waals surface area contributed by atoms with Gasteiger partial charge in [0.05, 0.1) is 7.11 Å². The Kier molecular flexibility index (Phi) is 14.2. The van der Waals surface area contributed by atoms with Crippen molar-refractivity contribution >= 4 is 35.9 Å². The van der Waals surface area contributed by atoms with Crippen LogP contribution in [0.2, 0.25) is 0 Å². The Balaban J connectivity index is 0.00000625. The summed E-state index contributed by atoms with van der Waals surface area (Å²) >= 11 is 0. The highest BCUT2D eigenvalue weighted by atomic mass is 127. The maximum absolute atomic E-state index is 11.1. The van der Waals surface area contributed by atoms with E-state index in [2.05, 4.69) is 48.0 Å². The molecule has 0 amide bonds. The molecule has 1 rings (SSSR count). The molecule has 2 N–H and O–H groups in total. The van der Waals surface area contributed by atoms with E-state index in [1.165, 1.54) is 7.11 Å². The molecular formula is C19H39IN4O2. The Bertz CT molecular complexity index is 418. The molecule has 0 radical (unpaired) electrons. The fraction of sp³-hybridized carbons (Fsp3) is 0.895. The molecule has 2 unspecified atom stereocenters. The first kappa shape index (κ1) is 25.4. The first-order chi connectivity index (χ1) is 12.0. The molecule has 0 bridgehead atoms. The number of ether oxygens (including phenoxy) is 1. The average molecular weight is 482 g/mol. The van der Waals surface area contributed by atoms with E-state index in [0.29, 0.717) is 24.4 Å². The fourth-order valence-electron chi connectivity index (χ4n) is 3.14. The lowest BCUT2D eigenvalue weighted by Crippen LogP contribution is -2.46. The monoisotopic (exact) mass is 482 g/mol. The number of likely N-dealkylation sites (tertiary alicyclic amines) is 1. The molecule has 26 heavy (non-hydrogen) atoms. The molecule has 1 saturated heterocycles. The van der Waals surface area contributed by atoms with Crippen LogP contribution in [0.5, 0.6) is 0 Å². The third-order valence-electron chi connectivity index (χ3n) is 4.82. The second kappa shape index (κ2) is 14.5. The van der Waals surface area contributed by atoms with Crippen molar-refractivity contribution in [1.82, 2.24) is 15.5 Å². The minimum absolute atomic E-state index is 0. The van der Waals surface area contributed by atoms with Crippen molar-refractivity contribution < 1.29 is 9.53 Å². The molecule has 0 aromatic carbocycles. The molecule has 0 aromatic heterocycles. The molecule has 2 atom stereocenters. The Morgan fingerprint density at radius 1 is 1.23 bits per heavy atom. The van der Waals surface area contributed by atoms with Gasteiger partial charge in [0.15, 0.2) is 5.96 Å². The molecule has 0 spiro atoms. The van der Waals surface area contributed by atoms with Crippen LogP contribution in [0.25, 0.3) is 0 Å². The molecule has 1 aliphatic rings. The molecular weight excluding hydrogens is 443 g/mol. The number of esters is 1. The van der Waals surface area contributed by atoms with Crippen molar-refractivity contribution in [3.8, 4) is 0 Å². The van der Waals surface area contributed by atoms with Crippen LogP contribution in [0.4, 0.5) is 0 Å². The van der Waals surface area contributed by atoms with Crippen LogP contribution in [0.15, 0.2) is 4.99 Å². The zero-order valence-corrected chi connectivity index (χ0v) is 19.5. The first-order valence-electron chi connectivity index (χ1n) is 9.83. The van der Waals surface area contributed by atoms with Crippen molar-refractivity contribution in [2.75, 3.05) is 33.3 Å². The highest BCUT2D eigenvalue weighted by Crippen LogP contribution is 2.18. The number of unbranched alkanes of at least 4 members (excludes halogenated alkanes) is 3. The fourth-order valence-corrected chi connectivity index (χ4v) is 3.14. The van der Waals surface area contributed by atoms with Crippen LogP contribution in [0.3, 0.4) is 0 Å². The van der Waals surface area contributed by atoms with E-state index in [0.717, 1.165) is 57.8 Å². The van der Waals surface area contributed by atoms with Gasteiger partial charge in [-0.1, -0.05) is 19.8 Å². The van der Waals surface area contributed by atoms with Gasteiger partial charge in [-0.15, -0.1) is 24.0 Å². The molecule has 0 aromatic rings. The van der Waals surface area contributed by atoms with Crippen LogP contribution in [0, 0.1) is 5.92 Å². The Morgan fingerprint density at radius 3 is 2.50 bits per heavy atom. The molecule has 1 heterocycles. The van der Waals surface area contributed by atoms with Gasteiger partial charge in [-0.25, -0.2) is 0 Å². The molecule has 154 valence electrons. The van der Waals surface area contributed by atoms with Gasteiger partial charge in [-0.05, 0) is 39.5 Å². The highest BCUT2D eigenvalue weighted by molar-refractivity contribution is 14.0. The average Bonchev–Trinajstić information content (AvgIpc) is 2.94. The summed E-state index contributed by atoms with van der Waals surface area (Å²) in [5.74, 6) is 1.45. The van der Waals surface area contributed by atoms with Gasteiger partial charge < -0.3 is 15.4 Å². The number of hydrogen-bond acceptors (Lipinski definition) is 4. The number of halogens is 1. The van der Waals surface area contributed by atoms with Crippen LogP contribution in [-0.4, -0.2) is 62.2 Å². The van der Waals surface area contributed by atoms with Gasteiger partial charge in [-0.3, -0.25) is 14.7 Å². The molecule has 1 fully saturated rings. The molecule has 6 nitrogen and oxygen atoms in total. The lowest BCUT2D eigenvalue weighted by molar-refractivity contribution is -0.140. The summed E-state index contributed by atoms with van der Waals surface area (Å²) in [6, 6.07) is 1.05. The van der Waals surface area contributed by atoms with Gasteiger partial charge in [-0.2, -0.15) is 0 Å². The SMILES string of the molecule is CCNC(=NCCCCCCC(=O)OC)NC1CN(C(C)C)CC1C.I. The summed E-state index contributed by atoms with van der Waals surface area (Å²) in [6.45, 7) is 12.9. The van der Waals surface area contributed by atoms with Gasteiger partial charge in [0.25, 0.3) is 0 Å². The molecule has 0 saturated carbocycles. The normalized spacial score (nSPS) is 20.8. The lowest BCUT2D eigenvalue weighted by atomic mass is 10.1. The Hall–Kier alpha value is -0.570. The van der Waals surface area contributed by atoms with Crippen LogP contribution < -0.4 is 10.6 Å². The maximum Gasteiger partial charge on any atom is 0.305 e. The minimum Gasteiger partial charge on any atom is -0.469 e. The number of rotatable bonds is 10. The van der Waals surface area contributed by atoms with Crippen LogP contribution in [0.1, 0.15) is 59.8 Å². The zero-order valence-electron chi connectivity index (χ0n) is 17.2. The van der Waals surface area contributed by atoms with E-state index in [4.69, 9.17) is 4.99 Å². The Labute approximate surface area is 176 Å². The number of hydrogen-bond donors (Lipinski definition) is 2. The van der Waals surface area contributed by atoms with E-state index in [9.17, 15) is 4.79 Å². The van der Waals surface area contributed by atoms with E-state index < -0.39 is 0 Å². The number of nitrogens with one attached hydrogen (secondary N) is 2. The maximum atomic E-state index is 11.1. The number of nitrogens with zero attached hydrogens (tertiary/aromatic N) is 2. The predicted octanol–water partition coefficient (Wildman–Crippen LogP) is 3.01. The van der Waals surface area contributed by atoms with Crippen molar-refractivity contribution in [2.45, 2.75) is 71.9 Å². The van der Waals surface area contributed by atoms with Crippen LogP contribution >= 0.6 is 24.0 Å². The molecule has 7 heteroatoms. The lowest BCUT2D eigenvalue weighted by Gasteiger charge is -2.21. The number of carbonyl (C=O) groups is 1. The van der Waals surface area contributed by atoms with Crippen molar-refractivity contribution in [1.29, 1.82) is 0 Å². The standard InChI is InChI=1S/C19H38N4O2.HI/c1-6-20-19(21-12-10-8-7-9-11-18(24)25-5)22-17-14-23(15(2)3)13-16(17)4;/h15-17H,6-14H2,1-5H3,(H2,20,21,22);1H. The first-order valence-corrected chi connectivity index (χ1v) is 9.83. The summed E-state index contributed by atoms with van der Waals surface area (Å²) in [4.78, 5) is 18.3. The third kappa shape index (κ3) is 9.94. The Morgan fingerprint density at radius 2 is 1.92 bits per heavy atom. The van der Waals surface area contributed by atoms with E-state index in [1.807, 2.05) is 0 Å². The summed E-state index contributed by atoms with van der Waals surface area (Å²) < 4.78 is 4.65. The molecule has 1 aliphatic heterocycles. The number of aliphatic imine (C=N–C) groups is 1. The highest BCUT2D eigenvalue weighted by Gasteiger charge is 2.31. The zero-order chi connectivity index (χ0) is 18.7. The van der Waals surface area contributed by atoms with E-state index >= 15 is 0 Å². The van der Waals surface area contributed by atoms with Crippen molar-refractivity contribution in [2.24, 2.45) is 10.9 Å². The van der Waals surface area contributed by atoms with Gasteiger partial charge in [0, 0.05) is 44.7 Å². The largest absolute Gasteiger partial charge is 0.469 e. The van der Waals surface area contributed by atoms with Crippen LogP contribution in [-0.2, 0) is 9.53 Å². The summed E-state index contributed by atoms with van der Waals surface area (Å²) in [6.07, 6.45) is 4.63. The number of carbonyl (C=O) groups excluding carboxylic acids is 1. The smallest absolute Gasteiger partial charge is 0.305 e. The summed E-state index contributed by atoms with van der Waals surface area (Å²) in [5.41, 5.74) is 0. The topological polar surface area (TPSA) is 66.0 Å². The predicted molar refractivity (Wildman–Crippen MR) is 119 cm³/mol. The minimum atomic E-state index is -0.113. The second-order valence-electron chi connectivity index (χ2n) is 7.28.